The van der Waals surface area contributed by atoms with Gasteiger partial charge >= 0.3 is 5.97 Å². The molecule has 0 atom stereocenters. The van der Waals surface area contributed by atoms with Crippen LogP contribution in [0.4, 0.5) is 5.82 Å². The highest BCUT2D eigenvalue weighted by Crippen LogP contribution is 2.21. The number of carbonyl (C=O) groups excluding carboxylic acids is 1. The van der Waals surface area contributed by atoms with Gasteiger partial charge in [-0.25, -0.2) is 14.8 Å². The lowest BCUT2D eigenvalue weighted by Gasteiger charge is -2.32. The third kappa shape index (κ3) is 3.66. The van der Waals surface area contributed by atoms with Crippen LogP contribution in [0.2, 0.25) is 0 Å². The molecule has 6 nitrogen and oxygen atoms in total. The topological polar surface area (TPSA) is 67.4 Å². The number of hydrogen-bond acceptors (Lipinski definition) is 6. The fourth-order valence-electron chi connectivity index (χ4n) is 2.43. The van der Waals surface area contributed by atoms with Gasteiger partial charge in [-0.15, -0.1) is 0 Å². The summed E-state index contributed by atoms with van der Waals surface area (Å²) in [5, 5.41) is 3.40. The summed E-state index contributed by atoms with van der Waals surface area (Å²) in [6, 6.07) is 1.84. The minimum Gasteiger partial charge on any atom is -0.463 e. The molecule has 0 amide bonds. The van der Waals surface area contributed by atoms with Crippen LogP contribution >= 0.6 is 0 Å². The van der Waals surface area contributed by atoms with Gasteiger partial charge in [-0.1, -0.05) is 6.92 Å². The van der Waals surface area contributed by atoms with Gasteiger partial charge in [0.15, 0.2) is 0 Å². The number of piperidine rings is 1. The van der Waals surface area contributed by atoms with Crippen LogP contribution in [0.15, 0.2) is 12.3 Å². The number of esters is 1. The van der Waals surface area contributed by atoms with E-state index in [9.17, 15) is 4.79 Å². The number of nitrogens with zero attached hydrogens (tertiary/aromatic N) is 3. The van der Waals surface area contributed by atoms with Gasteiger partial charge in [0.1, 0.15) is 5.82 Å². The smallest absolute Gasteiger partial charge is 0.376 e. The van der Waals surface area contributed by atoms with Crippen LogP contribution in [0.5, 0.6) is 0 Å². The Morgan fingerprint density at radius 3 is 2.90 bits per heavy atom. The van der Waals surface area contributed by atoms with E-state index in [1.165, 1.54) is 7.11 Å². The van der Waals surface area contributed by atoms with Crippen LogP contribution in [0, 0.1) is 5.92 Å². The van der Waals surface area contributed by atoms with Crippen molar-refractivity contribution >= 4 is 11.8 Å². The Morgan fingerprint density at radius 1 is 1.50 bits per heavy atom. The highest BCUT2D eigenvalue weighted by Gasteiger charge is 2.21. The maximum absolute atomic E-state index is 11.4. The predicted molar refractivity (Wildman–Crippen MR) is 76.9 cm³/mol. The Bertz CT molecular complexity index is 445. The van der Waals surface area contributed by atoms with Gasteiger partial charge in [-0.3, -0.25) is 0 Å². The lowest BCUT2D eigenvalue weighted by Crippen LogP contribution is -2.37. The highest BCUT2D eigenvalue weighted by atomic mass is 16.5. The lowest BCUT2D eigenvalue weighted by molar-refractivity contribution is 0.0586. The van der Waals surface area contributed by atoms with Crippen molar-refractivity contribution in [1.29, 1.82) is 0 Å². The predicted octanol–water partition coefficient (Wildman–Crippen LogP) is 1.09. The number of nitrogens with one attached hydrogen (secondary N) is 1. The van der Waals surface area contributed by atoms with Gasteiger partial charge in [-0.05, 0) is 37.9 Å². The summed E-state index contributed by atoms with van der Waals surface area (Å²) < 4.78 is 4.65. The number of ether oxygens (including phenoxy) is 1. The first kappa shape index (κ1) is 14.7. The zero-order chi connectivity index (χ0) is 14.4. The van der Waals surface area contributed by atoms with Gasteiger partial charge < -0.3 is 15.0 Å². The van der Waals surface area contributed by atoms with Gasteiger partial charge in [0, 0.05) is 19.3 Å². The molecule has 0 bridgehead atoms. The summed E-state index contributed by atoms with van der Waals surface area (Å²) in [5.41, 5.74) is 0. The summed E-state index contributed by atoms with van der Waals surface area (Å²) >= 11 is 0. The monoisotopic (exact) mass is 278 g/mol. The molecule has 1 saturated heterocycles. The molecule has 0 spiro atoms. The summed E-state index contributed by atoms with van der Waals surface area (Å²) in [4.78, 5) is 21.9. The molecule has 1 aromatic rings. The number of methoxy groups -OCH3 is 1. The first-order chi connectivity index (χ1) is 9.74. The Balaban J connectivity index is 1.95. The molecular formula is C14H22N4O2. The number of aromatic nitrogens is 2. The Morgan fingerprint density at radius 2 is 2.25 bits per heavy atom. The molecule has 0 unspecified atom stereocenters. The average Bonchev–Trinajstić information content (AvgIpc) is 2.52. The molecule has 110 valence electrons. The Labute approximate surface area is 119 Å². The molecule has 1 N–H and O–H groups in total. The van der Waals surface area contributed by atoms with Crippen LogP contribution in [-0.4, -0.2) is 49.2 Å². The van der Waals surface area contributed by atoms with Gasteiger partial charge in [0.25, 0.3) is 0 Å². The third-order valence-corrected chi connectivity index (χ3v) is 3.63. The van der Waals surface area contributed by atoms with Crippen molar-refractivity contribution in [1.82, 2.24) is 15.3 Å². The first-order valence-corrected chi connectivity index (χ1v) is 7.11. The summed E-state index contributed by atoms with van der Waals surface area (Å²) in [7, 11) is 1.34. The SMILES string of the molecule is CCNCC1CCN(c2ccnc(C(=O)OC)n2)CC1. The van der Waals surface area contributed by atoms with Crippen LogP contribution in [0.3, 0.4) is 0 Å². The van der Waals surface area contributed by atoms with E-state index in [1.807, 2.05) is 6.07 Å². The van der Waals surface area contributed by atoms with Crippen LogP contribution < -0.4 is 10.2 Å². The van der Waals surface area contributed by atoms with Crippen molar-refractivity contribution in [2.45, 2.75) is 19.8 Å². The third-order valence-electron chi connectivity index (χ3n) is 3.63. The van der Waals surface area contributed by atoms with E-state index in [0.29, 0.717) is 0 Å². The average molecular weight is 278 g/mol. The molecular weight excluding hydrogens is 256 g/mol. The van der Waals surface area contributed by atoms with Crippen molar-refractivity contribution in [2.75, 3.05) is 38.2 Å². The summed E-state index contributed by atoms with van der Waals surface area (Å²) in [6.45, 7) is 6.17. The highest BCUT2D eigenvalue weighted by molar-refractivity contribution is 5.85. The standard InChI is InChI=1S/C14H22N4O2/c1-3-15-10-11-5-8-18(9-6-11)12-4-7-16-13(17-12)14(19)20-2/h4,7,11,15H,3,5-6,8-10H2,1-2H3. The second-order valence-corrected chi connectivity index (χ2v) is 4.97. The molecule has 0 aliphatic carbocycles. The van der Waals surface area contributed by atoms with Crippen LogP contribution in [-0.2, 0) is 4.74 Å². The zero-order valence-electron chi connectivity index (χ0n) is 12.1. The molecule has 2 rings (SSSR count). The van der Waals surface area contributed by atoms with Crippen molar-refractivity contribution < 1.29 is 9.53 Å². The molecule has 1 aliphatic heterocycles. The fourth-order valence-corrected chi connectivity index (χ4v) is 2.43. The molecule has 1 fully saturated rings. The zero-order valence-corrected chi connectivity index (χ0v) is 12.1. The number of hydrogen-bond donors (Lipinski definition) is 1. The molecule has 20 heavy (non-hydrogen) atoms. The van der Waals surface area contributed by atoms with Crippen molar-refractivity contribution in [3.63, 3.8) is 0 Å². The summed E-state index contributed by atoms with van der Waals surface area (Å²) in [6.07, 6.45) is 3.90. The van der Waals surface area contributed by atoms with E-state index in [2.05, 4.69) is 31.8 Å². The second kappa shape index (κ2) is 7.19. The molecule has 1 aliphatic rings. The van der Waals surface area contributed by atoms with Gasteiger partial charge in [0.05, 0.1) is 7.11 Å². The van der Waals surface area contributed by atoms with Gasteiger partial charge in [-0.2, -0.15) is 0 Å². The molecule has 0 radical (unpaired) electrons. The molecule has 2 heterocycles. The van der Waals surface area contributed by atoms with Gasteiger partial charge in [0.2, 0.25) is 5.82 Å². The fraction of sp³-hybridized carbons (Fsp3) is 0.643. The first-order valence-electron chi connectivity index (χ1n) is 7.11. The van der Waals surface area contributed by atoms with Crippen molar-refractivity contribution in [2.24, 2.45) is 5.92 Å². The molecule has 6 heteroatoms. The van der Waals surface area contributed by atoms with E-state index in [0.717, 1.165) is 50.8 Å². The number of carbonyl (C=O) groups is 1. The minimum absolute atomic E-state index is 0.125. The van der Waals surface area contributed by atoms with Crippen molar-refractivity contribution in [3.8, 4) is 0 Å². The van der Waals surface area contributed by atoms with E-state index in [4.69, 9.17) is 0 Å². The minimum atomic E-state index is -0.492. The number of anilines is 1. The normalized spacial score (nSPS) is 16.2. The van der Waals surface area contributed by atoms with E-state index in [-0.39, 0.29) is 5.82 Å². The van der Waals surface area contributed by atoms with Crippen molar-refractivity contribution in [3.05, 3.63) is 18.1 Å². The largest absolute Gasteiger partial charge is 0.463 e. The van der Waals surface area contributed by atoms with Crippen LogP contribution in [0.1, 0.15) is 30.4 Å². The van der Waals surface area contributed by atoms with E-state index in [1.54, 1.807) is 6.20 Å². The number of rotatable bonds is 5. The maximum Gasteiger partial charge on any atom is 0.376 e. The summed E-state index contributed by atoms with van der Waals surface area (Å²) in [5.74, 6) is 1.17. The Hall–Kier alpha value is -1.69. The Kier molecular flexibility index (Phi) is 5.29. The maximum atomic E-state index is 11.4. The second-order valence-electron chi connectivity index (χ2n) is 4.97. The molecule has 0 aromatic carbocycles. The molecule has 0 saturated carbocycles. The quantitative estimate of drug-likeness (QED) is 0.813. The van der Waals surface area contributed by atoms with E-state index >= 15 is 0 Å². The van der Waals surface area contributed by atoms with Crippen LogP contribution in [0.25, 0.3) is 0 Å². The molecule has 1 aromatic heterocycles. The van der Waals surface area contributed by atoms with E-state index < -0.39 is 5.97 Å². The lowest BCUT2D eigenvalue weighted by atomic mass is 9.97.